The van der Waals surface area contributed by atoms with Crippen molar-refractivity contribution in [1.82, 2.24) is 5.32 Å². The van der Waals surface area contributed by atoms with Crippen molar-refractivity contribution in [2.24, 2.45) is 0 Å². The number of hydrogen-bond donors (Lipinski definition) is 1. The summed E-state index contributed by atoms with van der Waals surface area (Å²) in [5, 5.41) is 2.91. The molecule has 1 unspecified atom stereocenters. The highest BCUT2D eigenvalue weighted by atomic mass is 32.2. The monoisotopic (exact) mass is 277 g/mol. The summed E-state index contributed by atoms with van der Waals surface area (Å²) in [7, 11) is -3.06. The third-order valence-electron chi connectivity index (χ3n) is 2.60. The van der Waals surface area contributed by atoms with Gasteiger partial charge in [0.2, 0.25) is 0 Å². The van der Waals surface area contributed by atoms with Crippen molar-refractivity contribution in [3.05, 3.63) is 35.4 Å². The minimum Gasteiger partial charge on any atom is -0.309 e. The van der Waals surface area contributed by atoms with E-state index in [-0.39, 0.29) is 24.1 Å². The second-order valence-corrected chi connectivity index (χ2v) is 6.61. The number of benzene rings is 1. The summed E-state index contributed by atoms with van der Waals surface area (Å²) < 4.78 is 48.7. The Balaban J connectivity index is 2.55. The van der Waals surface area contributed by atoms with Gasteiger partial charge in [-0.1, -0.05) is 13.0 Å². The maximum absolute atomic E-state index is 13.3. The fourth-order valence-electron chi connectivity index (χ4n) is 1.51. The van der Waals surface area contributed by atoms with Gasteiger partial charge in [-0.05, 0) is 13.0 Å². The molecule has 18 heavy (non-hydrogen) atoms. The fraction of sp³-hybridized carbons (Fsp3) is 0.500. The van der Waals surface area contributed by atoms with Crippen LogP contribution in [0.5, 0.6) is 0 Å². The van der Waals surface area contributed by atoms with E-state index in [2.05, 4.69) is 5.32 Å². The molecule has 0 aliphatic carbocycles. The summed E-state index contributed by atoms with van der Waals surface area (Å²) in [5.74, 6) is -1.16. The van der Waals surface area contributed by atoms with Crippen molar-refractivity contribution >= 4 is 9.84 Å². The lowest BCUT2D eigenvalue weighted by Crippen LogP contribution is -2.33. The van der Waals surface area contributed by atoms with Gasteiger partial charge in [-0.2, -0.15) is 0 Å². The van der Waals surface area contributed by atoms with Crippen LogP contribution >= 0.6 is 0 Å². The molecule has 0 aliphatic heterocycles. The predicted molar refractivity (Wildman–Crippen MR) is 67.0 cm³/mol. The van der Waals surface area contributed by atoms with E-state index < -0.39 is 21.5 Å². The van der Waals surface area contributed by atoms with Gasteiger partial charge in [-0.25, -0.2) is 17.2 Å². The molecule has 0 fully saturated rings. The number of hydrogen-bond acceptors (Lipinski definition) is 3. The van der Waals surface area contributed by atoms with Gasteiger partial charge in [-0.3, -0.25) is 0 Å². The first-order valence-corrected chi connectivity index (χ1v) is 7.54. The minimum absolute atomic E-state index is 0.00626. The van der Waals surface area contributed by atoms with Crippen molar-refractivity contribution in [3.8, 4) is 0 Å². The first-order valence-electron chi connectivity index (χ1n) is 5.72. The zero-order valence-electron chi connectivity index (χ0n) is 10.4. The molecule has 1 aromatic rings. The number of sulfone groups is 1. The van der Waals surface area contributed by atoms with Crippen molar-refractivity contribution in [3.63, 3.8) is 0 Å². The Bertz CT molecular complexity index is 503. The normalized spacial score (nSPS) is 13.6. The topological polar surface area (TPSA) is 46.2 Å². The average Bonchev–Trinajstić information content (AvgIpc) is 2.27. The number of halogens is 2. The van der Waals surface area contributed by atoms with Crippen LogP contribution in [0.3, 0.4) is 0 Å². The Morgan fingerprint density at radius 3 is 2.56 bits per heavy atom. The van der Waals surface area contributed by atoms with E-state index in [1.165, 1.54) is 12.1 Å². The van der Waals surface area contributed by atoms with Crippen LogP contribution in [-0.4, -0.2) is 26.0 Å². The summed E-state index contributed by atoms with van der Waals surface area (Å²) >= 11 is 0. The van der Waals surface area contributed by atoms with E-state index in [9.17, 15) is 17.2 Å². The largest absolute Gasteiger partial charge is 0.309 e. The molecule has 102 valence electrons. The van der Waals surface area contributed by atoms with Gasteiger partial charge in [0.25, 0.3) is 0 Å². The third-order valence-corrected chi connectivity index (χ3v) is 4.49. The van der Waals surface area contributed by atoms with Crippen LogP contribution < -0.4 is 5.32 Å². The highest BCUT2D eigenvalue weighted by Gasteiger charge is 2.13. The van der Waals surface area contributed by atoms with Crippen LogP contribution in [0, 0.1) is 11.6 Å². The lowest BCUT2D eigenvalue weighted by atomic mass is 10.2. The lowest BCUT2D eigenvalue weighted by Gasteiger charge is -2.13. The van der Waals surface area contributed by atoms with Crippen LogP contribution in [0.15, 0.2) is 18.2 Å². The zero-order valence-corrected chi connectivity index (χ0v) is 11.2. The molecule has 1 N–H and O–H groups in total. The molecule has 0 saturated carbocycles. The summed E-state index contributed by atoms with van der Waals surface area (Å²) in [4.78, 5) is 0. The third kappa shape index (κ3) is 4.70. The van der Waals surface area contributed by atoms with Gasteiger partial charge in [-0.15, -0.1) is 0 Å². The first kappa shape index (κ1) is 15.0. The molecule has 0 bridgehead atoms. The van der Waals surface area contributed by atoms with E-state index >= 15 is 0 Å². The molecule has 0 heterocycles. The standard InChI is InChI=1S/C12H17F2NO2S/c1-3-18(16,17)8-9(2)15-7-10-4-5-11(13)6-12(10)14/h4-6,9,15H,3,7-8H2,1-2H3. The molecule has 0 radical (unpaired) electrons. The van der Waals surface area contributed by atoms with Gasteiger partial charge in [0.1, 0.15) is 11.6 Å². The zero-order chi connectivity index (χ0) is 13.8. The maximum atomic E-state index is 13.3. The van der Waals surface area contributed by atoms with Crippen molar-refractivity contribution in [2.45, 2.75) is 26.4 Å². The molecule has 0 saturated heterocycles. The van der Waals surface area contributed by atoms with Crippen molar-refractivity contribution in [1.29, 1.82) is 0 Å². The molecule has 1 atom stereocenters. The average molecular weight is 277 g/mol. The molecule has 3 nitrogen and oxygen atoms in total. The Hall–Kier alpha value is -1.01. The van der Waals surface area contributed by atoms with Crippen molar-refractivity contribution in [2.75, 3.05) is 11.5 Å². The fourth-order valence-corrected chi connectivity index (χ4v) is 2.62. The van der Waals surface area contributed by atoms with Crippen LogP contribution in [0.1, 0.15) is 19.4 Å². The second-order valence-electron chi connectivity index (χ2n) is 4.22. The Labute approximate surface area is 106 Å². The molecule has 0 aromatic heterocycles. The quantitative estimate of drug-likeness (QED) is 0.863. The molecular formula is C12H17F2NO2S. The first-order chi connectivity index (χ1) is 8.34. The molecular weight excluding hydrogens is 260 g/mol. The second kappa shape index (κ2) is 6.24. The van der Waals surface area contributed by atoms with Crippen LogP contribution in [0.2, 0.25) is 0 Å². The van der Waals surface area contributed by atoms with Gasteiger partial charge in [0, 0.05) is 30.0 Å². The maximum Gasteiger partial charge on any atom is 0.151 e. The van der Waals surface area contributed by atoms with Gasteiger partial charge in [0.15, 0.2) is 9.84 Å². The highest BCUT2D eigenvalue weighted by Crippen LogP contribution is 2.09. The molecule has 1 aromatic carbocycles. The number of nitrogens with one attached hydrogen (secondary N) is 1. The van der Waals surface area contributed by atoms with E-state index in [0.29, 0.717) is 5.56 Å². The molecule has 6 heteroatoms. The predicted octanol–water partition coefficient (Wildman–Crippen LogP) is 1.88. The van der Waals surface area contributed by atoms with E-state index in [1.807, 2.05) is 0 Å². The van der Waals surface area contributed by atoms with Crippen LogP contribution in [0.4, 0.5) is 8.78 Å². The highest BCUT2D eigenvalue weighted by molar-refractivity contribution is 7.91. The summed E-state index contributed by atoms with van der Waals surface area (Å²) in [5.41, 5.74) is 0.317. The molecule has 1 rings (SSSR count). The van der Waals surface area contributed by atoms with E-state index in [4.69, 9.17) is 0 Å². The van der Waals surface area contributed by atoms with Crippen LogP contribution in [0.25, 0.3) is 0 Å². The van der Waals surface area contributed by atoms with Gasteiger partial charge in [0.05, 0.1) is 5.75 Å². The minimum atomic E-state index is -3.06. The molecule has 0 spiro atoms. The Morgan fingerprint density at radius 2 is 2.00 bits per heavy atom. The summed E-state index contributed by atoms with van der Waals surface area (Å²) in [6.07, 6.45) is 0. The smallest absolute Gasteiger partial charge is 0.151 e. The summed E-state index contributed by atoms with van der Waals surface area (Å²) in [6.45, 7) is 3.48. The van der Waals surface area contributed by atoms with Gasteiger partial charge >= 0.3 is 0 Å². The Morgan fingerprint density at radius 1 is 1.33 bits per heavy atom. The van der Waals surface area contributed by atoms with Crippen LogP contribution in [-0.2, 0) is 16.4 Å². The van der Waals surface area contributed by atoms with Crippen molar-refractivity contribution < 1.29 is 17.2 Å². The lowest BCUT2D eigenvalue weighted by molar-refractivity contribution is 0.533. The van der Waals surface area contributed by atoms with E-state index in [1.54, 1.807) is 13.8 Å². The summed E-state index contributed by atoms with van der Waals surface area (Å²) in [6, 6.07) is 3.05. The molecule has 0 aliphatic rings. The van der Waals surface area contributed by atoms with E-state index in [0.717, 1.165) is 6.07 Å². The molecule has 0 amide bonds. The van der Waals surface area contributed by atoms with Gasteiger partial charge < -0.3 is 5.32 Å². The number of rotatable bonds is 6. The SMILES string of the molecule is CCS(=O)(=O)CC(C)NCc1ccc(F)cc1F. The Kier molecular flexibility index (Phi) is 5.22.